The predicted octanol–water partition coefficient (Wildman–Crippen LogP) is 3.04. The number of carbonyl (C=O) groups excluding carboxylic acids is 2. The summed E-state index contributed by atoms with van der Waals surface area (Å²) >= 11 is 0. The molecule has 1 saturated carbocycles. The molecule has 190 valence electrons. The second-order valence-corrected chi connectivity index (χ2v) is 10.4. The highest BCUT2D eigenvalue weighted by molar-refractivity contribution is 6.03. The van der Waals surface area contributed by atoms with Gasteiger partial charge in [-0.05, 0) is 38.0 Å². The van der Waals surface area contributed by atoms with E-state index >= 15 is 0 Å². The van der Waals surface area contributed by atoms with Crippen LogP contribution in [0.25, 0.3) is 10.9 Å². The molecule has 0 radical (unpaired) electrons. The van der Waals surface area contributed by atoms with E-state index in [4.69, 9.17) is 9.47 Å². The minimum Gasteiger partial charge on any atom is -0.497 e. The van der Waals surface area contributed by atoms with Crippen molar-refractivity contribution in [3.8, 4) is 5.75 Å². The molecule has 1 aliphatic carbocycles. The van der Waals surface area contributed by atoms with Crippen molar-refractivity contribution in [1.82, 2.24) is 19.7 Å². The molecule has 0 unspecified atom stereocenters. The molecular formula is C27H38N4O4. The van der Waals surface area contributed by atoms with E-state index in [0.29, 0.717) is 32.0 Å². The summed E-state index contributed by atoms with van der Waals surface area (Å²) in [5.41, 5.74) is 0.585. The summed E-state index contributed by atoms with van der Waals surface area (Å²) < 4.78 is 12.9. The summed E-state index contributed by atoms with van der Waals surface area (Å²) in [4.78, 5) is 32.0. The second-order valence-electron chi connectivity index (χ2n) is 10.4. The molecule has 3 aliphatic rings. The first kappa shape index (κ1) is 24.1. The molecule has 2 amide bonds. The first-order chi connectivity index (χ1) is 17.0. The molecule has 0 bridgehead atoms. The van der Waals surface area contributed by atoms with Crippen LogP contribution in [0.5, 0.6) is 5.75 Å². The third-order valence-electron chi connectivity index (χ3n) is 8.06. The molecule has 2 aromatic rings. The van der Waals surface area contributed by atoms with Gasteiger partial charge in [-0.1, -0.05) is 25.7 Å². The lowest BCUT2D eigenvalue weighted by molar-refractivity contribution is -0.133. The van der Waals surface area contributed by atoms with Crippen LogP contribution >= 0.6 is 0 Å². The lowest BCUT2D eigenvalue weighted by Crippen LogP contribution is -2.65. The topological polar surface area (TPSA) is 76.0 Å². The Morgan fingerprint density at radius 3 is 2.57 bits per heavy atom. The number of fused-ring (bicyclic) bond motifs is 3. The Balaban J connectivity index is 1.47. The average Bonchev–Trinajstić information content (AvgIpc) is 3.03. The van der Waals surface area contributed by atoms with E-state index in [-0.39, 0.29) is 17.9 Å². The number of hydrogen-bond donors (Lipinski definition) is 1. The Morgan fingerprint density at radius 2 is 1.86 bits per heavy atom. The number of methoxy groups -OCH3 is 1. The van der Waals surface area contributed by atoms with Crippen LogP contribution in [0.3, 0.4) is 0 Å². The normalized spacial score (nSPS) is 24.3. The second kappa shape index (κ2) is 10.2. The van der Waals surface area contributed by atoms with E-state index in [0.717, 1.165) is 62.0 Å². The van der Waals surface area contributed by atoms with E-state index in [1.807, 2.05) is 40.7 Å². The number of rotatable bonds is 6. The zero-order valence-electron chi connectivity index (χ0n) is 21.1. The SMILES string of the molecule is COc1ccc2cc3n(c2c1)C[C@](C)(C(=O)NC1CCCCCC1)N(CCN1CCOCC1)C3=O. The van der Waals surface area contributed by atoms with Gasteiger partial charge in [-0.3, -0.25) is 14.5 Å². The van der Waals surface area contributed by atoms with Gasteiger partial charge in [-0.2, -0.15) is 0 Å². The van der Waals surface area contributed by atoms with E-state index in [1.165, 1.54) is 12.8 Å². The Morgan fingerprint density at radius 1 is 1.11 bits per heavy atom. The first-order valence-corrected chi connectivity index (χ1v) is 13.1. The van der Waals surface area contributed by atoms with Crippen LogP contribution in [-0.4, -0.2) is 84.3 Å². The van der Waals surface area contributed by atoms with Crippen LogP contribution in [0.4, 0.5) is 0 Å². The number of nitrogens with zero attached hydrogens (tertiary/aromatic N) is 3. The van der Waals surface area contributed by atoms with Crippen molar-refractivity contribution in [2.45, 2.75) is 63.6 Å². The van der Waals surface area contributed by atoms with Crippen molar-refractivity contribution < 1.29 is 19.1 Å². The molecule has 3 heterocycles. The van der Waals surface area contributed by atoms with Crippen molar-refractivity contribution in [3.05, 3.63) is 30.0 Å². The van der Waals surface area contributed by atoms with Crippen LogP contribution in [0.2, 0.25) is 0 Å². The number of ether oxygens (including phenoxy) is 2. The quantitative estimate of drug-likeness (QED) is 0.641. The molecule has 1 aromatic carbocycles. The number of carbonyl (C=O) groups is 2. The minimum atomic E-state index is -0.975. The number of hydrogen-bond acceptors (Lipinski definition) is 5. The molecule has 2 fully saturated rings. The van der Waals surface area contributed by atoms with Crippen LogP contribution < -0.4 is 10.1 Å². The smallest absolute Gasteiger partial charge is 0.271 e. The maximum atomic E-state index is 13.9. The van der Waals surface area contributed by atoms with Crippen molar-refractivity contribution in [2.75, 3.05) is 46.5 Å². The Kier molecular flexibility index (Phi) is 7.02. The third-order valence-corrected chi connectivity index (χ3v) is 8.06. The van der Waals surface area contributed by atoms with Gasteiger partial charge in [0, 0.05) is 43.7 Å². The molecule has 35 heavy (non-hydrogen) atoms. The van der Waals surface area contributed by atoms with Gasteiger partial charge in [0.05, 0.1) is 32.4 Å². The molecule has 5 rings (SSSR count). The fraction of sp³-hybridized carbons (Fsp3) is 0.630. The van der Waals surface area contributed by atoms with Crippen LogP contribution in [0.15, 0.2) is 24.3 Å². The van der Waals surface area contributed by atoms with Gasteiger partial charge in [-0.15, -0.1) is 0 Å². The summed E-state index contributed by atoms with van der Waals surface area (Å²) in [5.74, 6) is 0.610. The Labute approximate surface area is 207 Å². The summed E-state index contributed by atoms with van der Waals surface area (Å²) in [7, 11) is 1.64. The first-order valence-electron chi connectivity index (χ1n) is 13.1. The lowest BCUT2D eigenvalue weighted by Gasteiger charge is -2.45. The average molecular weight is 483 g/mol. The fourth-order valence-electron chi connectivity index (χ4n) is 5.84. The Bertz CT molecular complexity index is 1070. The van der Waals surface area contributed by atoms with Gasteiger partial charge in [0.1, 0.15) is 17.0 Å². The van der Waals surface area contributed by atoms with Gasteiger partial charge >= 0.3 is 0 Å². The fourth-order valence-corrected chi connectivity index (χ4v) is 5.84. The monoisotopic (exact) mass is 482 g/mol. The number of benzene rings is 1. The maximum Gasteiger partial charge on any atom is 0.271 e. The molecule has 1 saturated heterocycles. The Hall–Kier alpha value is -2.58. The van der Waals surface area contributed by atoms with Crippen LogP contribution in [-0.2, 0) is 16.1 Å². The van der Waals surface area contributed by atoms with Gasteiger partial charge in [0.15, 0.2) is 0 Å². The molecule has 8 nitrogen and oxygen atoms in total. The largest absolute Gasteiger partial charge is 0.497 e. The number of nitrogens with one attached hydrogen (secondary N) is 1. The summed E-state index contributed by atoms with van der Waals surface area (Å²) in [5, 5.41) is 4.33. The number of amides is 2. The van der Waals surface area contributed by atoms with Gasteiger partial charge in [0.25, 0.3) is 5.91 Å². The van der Waals surface area contributed by atoms with E-state index in [1.54, 1.807) is 7.11 Å². The van der Waals surface area contributed by atoms with E-state index in [9.17, 15) is 9.59 Å². The maximum absolute atomic E-state index is 13.9. The molecule has 0 spiro atoms. The number of aromatic nitrogens is 1. The molecule has 2 aliphatic heterocycles. The zero-order valence-corrected chi connectivity index (χ0v) is 21.1. The van der Waals surface area contributed by atoms with Gasteiger partial charge in [0.2, 0.25) is 5.91 Å². The van der Waals surface area contributed by atoms with Crippen molar-refractivity contribution >= 4 is 22.7 Å². The highest BCUT2D eigenvalue weighted by atomic mass is 16.5. The van der Waals surface area contributed by atoms with Crippen molar-refractivity contribution in [2.24, 2.45) is 0 Å². The highest BCUT2D eigenvalue weighted by Crippen LogP contribution is 2.34. The highest BCUT2D eigenvalue weighted by Gasteiger charge is 2.48. The lowest BCUT2D eigenvalue weighted by atomic mass is 9.93. The number of morpholine rings is 1. The minimum absolute atomic E-state index is 0.0462. The van der Waals surface area contributed by atoms with E-state index in [2.05, 4.69) is 10.2 Å². The van der Waals surface area contributed by atoms with Crippen LogP contribution in [0, 0.1) is 0 Å². The van der Waals surface area contributed by atoms with Crippen LogP contribution in [0.1, 0.15) is 55.9 Å². The molecule has 8 heteroatoms. The van der Waals surface area contributed by atoms with Gasteiger partial charge in [-0.25, -0.2) is 0 Å². The predicted molar refractivity (Wildman–Crippen MR) is 135 cm³/mol. The summed E-state index contributed by atoms with van der Waals surface area (Å²) in [6.45, 7) is 6.73. The van der Waals surface area contributed by atoms with E-state index < -0.39 is 5.54 Å². The summed E-state index contributed by atoms with van der Waals surface area (Å²) in [6, 6.07) is 7.97. The molecule has 1 aromatic heterocycles. The summed E-state index contributed by atoms with van der Waals surface area (Å²) in [6.07, 6.45) is 6.78. The zero-order chi connectivity index (χ0) is 24.4. The third kappa shape index (κ3) is 4.78. The standard InChI is InChI=1S/C27H38N4O4/c1-27(26(33)28-21-7-5-3-4-6-8-21)19-30-23-18-22(34-2)10-9-20(23)17-24(30)25(32)31(27)12-11-29-13-15-35-16-14-29/h9-10,17-18,21H,3-8,11-16,19H2,1-2H3,(H,28,33)/t27-/m1/s1. The molecule has 1 atom stereocenters. The van der Waals surface area contributed by atoms with Crippen molar-refractivity contribution in [3.63, 3.8) is 0 Å². The van der Waals surface area contributed by atoms with Crippen molar-refractivity contribution in [1.29, 1.82) is 0 Å². The molecule has 1 N–H and O–H groups in total. The molecular weight excluding hydrogens is 444 g/mol. The van der Waals surface area contributed by atoms with Gasteiger partial charge < -0.3 is 24.3 Å².